The molecule has 0 spiro atoms. The Morgan fingerprint density at radius 1 is 1.19 bits per heavy atom. The summed E-state index contributed by atoms with van der Waals surface area (Å²) in [6.45, 7) is 4.84. The second kappa shape index (κ2) is 8.66. The van der Waals surface area contributed by atoms with Gasteiger partial charge in [0.05, 0.1) is 12.2 Å². The van der Waals surface area contributed by atoms with Gasteiger partial charge in [0.2, 0.25) is 5.78 Å². The van der Waals surface area contributed by atoms with Crippen LogP contribution >= 0.6 is 11.8 Å². The standard InChI is InChI=1S/C18H20N2O5S/c1-5-24-18(23)15-10(2)14(11(3)20-15)13(21)9-25-17(22)12-7-6-8-19-16(12)26-4/h6-8,20H,5,9H2,1-4H3. The average molecular weight is 376 g/mol. The van der Waals surface area contributed by atoms with Crippen LogP contribution in [0.25, 0.3) is 0 Å². The Morgan fingerprint density at radius 3 is 2.58 bits per heavy atom. The largest absolute Gasteiger partial charge is 0.461 e. The number of ketones is 1. The van der Waals surface area contributed by atoms with Crippen molar-refractivity contribution in [1.29, 1.82) is 0 Å². The number of hydrogen-bond donors (Lipinski definition) is 1. The molecule has 8 heteroatoms. The Kier molecular flexibility index (Phi) is 6.57. The first kappa shape index (κ1) is 19.7. The molecule has 1 N–H and O–H groups in total. The summed E-state index contributed by atoms with van der Waals surface area (Å²) in [6, 6.07) is 3.22. The molecule has 0 atom stereocenters. The van der Waals surface area contributed by atoms with Crippen LogP contribution in [0, 0.1) is 13.8 Å². The van der Waals surface area contributed by atoms with E-state index in [1.54, 1.807) is 45.4 Å². The van der Waals surface area contributed by atoms with Gasteiger partial charge in [0.15, 0.2) is 6.61 Å². The van der Waals surface area contributed by atoms with E-state index in [1.165, 1.54) is 11.8 Å². The molecule has 0 aliphatic heterocycles. The lowest BCUT2D eigenvalue weighted by Gasteiger charge is -2.07. The summed E-state index contributed by atoms with van der Waals surface area (Å²) in [5, 5.41) is 0.531. The third kappa shape index (κ3) is 4.13. The maximum atomic E-state index is 12.5. The quantitative estimate of drug-likeness (QED) is 0.450. The first-order valence-corrected chi connectivity index (χ1v) is 9.18. The number of carbonyl (C=O) groups is 3. The third-order valence-electron chi connectivity index (χ3n) is 3.71. The maximum absolute atomic E-state index is 12.5. The van der Waals surface area contributed by atoms with E-state index in [4.69, 9.17) is 9.47 Å². The number of carbonyl (C=O) groups excluding carboxylic acids is 3. The lowest BCUT2D eigenvalue weighted by atomic mass is 10.1. The fourth-order valence-electron chi connectivity index (χ4n) is 2.57. The number of aryl methyl sites for hydroxylation is 1. The molecule has 2 heterocycles. The summed E-state index contributed by atoms with van der Waals surface area (Å²) in [7, 11) is 0. The zero-order chi connectivity index (χ0) is 19.3. The highest BCUT2D eigenvalue weighted by Gasteiger charge is 2.24. The summed E-state index contributed by atoms with van der Waals surface area (Å²) in [6.07, 6.45) is 3.38. The van der Waals surface area contributed by atoms with Crippen molar-refractivity contribution >= 4 is 29.5 Å². The molecule has 0 bridgehead atoms. The number of aromatic amines is 1. The molecule has 2 aromatic rings. The molecule has 0 amide bonds. The fourth-order valence-corrected chi connectivity index (χ4v) is 3.10. The van der Waals surface area contributed by atoms with Gasteiger partial charge in [0.1, 0.15) is 10.7 Å². The molecule has 26 heavy (non-hydrogen) atoms. The SMILES string of the molecule is CCOC(=O)c1[nH]c(C)c(C(=O)COC(=O)c2cccnc2SC)c1C. The fraction of sp³-hybridized carbons (Fsp3) is 0.333. The molecule has 0 saturated carbocycles. The van der Waals surface area contributed by atoms with E-state index < -0.39 is 24.3 Å². The van der Waals surface area contributed by atoms with Gasteiger partial charge < -0.3 is 14.5 Å². The van der Waals surface area contributed by atoms with Crippen LogP contribution in [0.5, 0.6) is 0 Å². The molecule has 0 aromatic carbocycles. The minimum absolute atomic E-state index is 0.232. The third-order valence-corrected chi connectivity index (χ3v) is 4.43. The summed E-state index contributed by atoms with van der Waals surface area (Å²) >= 11 is 1.32. The van der Waals surface area contributed by atoms with Crippen LogP contribution in [-0.2, 0) is 9.47 Å². The van der Waals surface area contributed by atoms with E-state index in [0.29, 0.717) is 27.4 Å². The first-order chi connectivity index (χ1) is 12.4. The van der Waals surface area contributed by atoms with Crippen LogP contribution in [0.1, 0.15) is 49.4 Å². The highest BCUT2D eigenvalue weighted by atomic mass is 32.2. The van der Waals surface area contributed by atoms with Crippen LogP contribution in [0.4, 0.5) is 0 Å². The van der Waals surface area contributed by atoms with Crippen molar-refractivity contribution in [2.24, 2.45) is 0 Å². The normalized spacial score (nSPS) is 10.5. The summed E-state index contributed by atoms with van der Waals surface area (Å²) < 4.78 is 10.1. The van der Waals surface area contributed by atoms with Gasteiger partial charge in [0, 0.05) is 17.5 Å². The topological polar surface area (TPSA) is 98.4 Å². The Balaban J connectivity index is 2.13. The molecular formula is C18H20N2O5S. The zero-order valence-corrected chi connectivity index (χ0v) is 15.9. The summed E-state index contributed by atoms with van der Waals surface area (Å²) in [5.41, 5.74) is 1.88. The number of pyridine rings is 1. The van der Waals surface area contributed by atoms with Crippen molar-refractivity contribution in [3.05, 3.63) is 46.4 Å². The molecule has 0 aliphatic rings. The molecule has 0 aliphatic carbocycles. The number of nitrogens with zero attached hydrogens (tertiary/aromatic N) is 1. The second-order valence-electron chi connectivity index (χ2n) is 5.41. The number of H-pyrrole nitrogens is 1. The second-order valence-corrected chi connectivity index (χ2v) is 6.20. The Hall–Kier alpha value is -2.61. The molecular weight excluding hydrogens is 356 g/mol. The van der Waals surface area contributed by atoms with E-state index in [0.717, 1.165) is 0 Å². The van der Waals surface area contributed by atoms with Crippen LogP contribution in [-0.4, -0.2) is 47.2 Å². The predicted molar refractivity (Wildman–Crippen MR) is 96.9 cm³/mol. The number of nitrogens with one attached hydrogen (secondary N) is 1. The van der Waals surface area contributed by atoms with Crippen molar-refractivity contribution in [3.8, 4) is 0 Å². The van der Waals surface area contributed by atoms with E-state index in [-0.39, 0.29) is 12.3 Å². The molecule has 0 unspecified atom stereocenters. The van der Waals surface area contributed by atoms with Gasteiger partial charge in [-0.2, -0.15) is 0 Å². The van der Waals surface area contributed by atoms with Crippen LogP contribution < -0.4 is 0 Å². The maximum Gasteiger partial charge on any atom is 0.355 e. The Morgan fingerprint density at radius 2 is 1.92 bits per heavy atom. The van der Waals surface area contributed by atoms with Gasteiger partial charge in [-0.1, -0.05) is 0 Å². The van der Waals surface area contributed by atoms with Gasteiger partial charge in [-0.05, 0) is 44.7 Å². The van der Waals surface area contributed by atoms with E-state index in [2.05, 4.69) is 9.97 Å². The molecule has 7 nitrogen and oxygen atoms in total. The van der Waals surface area contributed by atoms with Crippen molar-refractivity contribution in [2.45, 2.75) is 25.8 Å². The first-order valence-electron chi connectivity index (χ1n) is 7.96. The number of rotatable bonds is 7. The monoisotopic (exact) mass is 376 g/mol. The van der Waals surface area contributed by atoms with Crippen molar-refractivity contribution in [3.63, 3.8) is 0 Å². The number of hydrogen-bond acceptors (Lipinski definition) is 7. The molecule has 2 aromatic heterocycles. The molecule has 2 rings (SSSR count). The van der Waals surface area contributed by atoms with Crippen LogP contribution in [0.2, 0.25) is 0 Å². The summed E-state index contributed by atoms with van der Waals surface area (Å²) in [5.74, 6) is -1.54. The number of aromatic nitrogens is 2. The van der Waals surface area contributed by atoms with Gasteiger partial charge >= 0.3 is 11.9 Å². The number of thioether (sulfide) groups is 1. The van der Waals surface area contributed by atoms with Crippen molar-refractivity contribution in [2.75, 3.05) is 19.5 Å². The minimum atomic E-state index is -0.618. The minimum Gasteiger partial charge on any atom is -0.461 e. The van der Waals surface area contributed by atoms with Gasteiger partial charge in [-0.3, -0.25) is 4.79 Å². The van der Waals surface area contributed by atoms with E-state index in [9.17, 15) is 14.4 Å². The number of Topliss-reactive ketones (excluding diaryl/α,β-unsaturated/α-hetero) is 1. The van der Waals surface area contributed by atoms with Crippen molar-refractivity contribution < 1.29 is 23.9 Å². The lowest BCUT2D eigenvalue weighted by molar-refractivity contribution is 0.0469. The number of ether oxygens (including phenoxy) is 2. The highest BCUT2D eigenvalue weighted by Crippen LogP contribution is 2.21. The van der Waals surface area contributed by atoms with E-state index >= 15 is 0 Å². The summed E-state index contributed by atoms with van der Waals surface area (Å²) in [4.78, 5) is 43.6. The predicted octanol–water partition coefficient (Wildman–Crippen LogP) is 2.96. The van der Waals surface area contributed by atoms with Crippen molar-refractivity contribution in [1.82, 2.24) is 9.97 Å². The number of esters is 2. The zero-order valence-electron chi connectivity index (χ0n) is 15.0. The van der Waals surface area contributed by atoms with Gasteiger partial charge in [0.25, 0.3) is 0 Å². The Bertz CT molecular complexity index is 844. The molecule has 0 radical (unpaired) electrons. The molecule has 0 fully saturated rings. The Labute approximate surface area is 155 Å². The smallest absolute Gasteiger partial charge is 0.355 e. The molecule has 138 valence electrons. The van der Waals surface area contributed by atoms with Crippen LogP contribution in [0.15, 0.2) is 23.4 Å². The van der Waals surface area contributed by atoms with Gasteiger partial charge in [-0.25, -0.2) is 14.6 Å². The molecule has 0 saturated heterocycles. The van der Waals surface area contributed by atoms with E-state index in [1.807, 2.05) is 0 Å². The van der Waals surface area contributed by atoms with Gasteiger partial charge in [-0.15, -0.1) is 11.8 Å². The van der Waals surface area contributed by atoms with Crippen LogP contribution in [0.3, 0.4) is 0 Å². The highest BCUT2D eigenvalue weighted by molar-refractivity contribution is 7.98. The average Bonchev–Trinajstić information content (AvgIpc) is 2.94. The lowest BCUT2D eigenvalue weighted by Crippen LogP contribution is -2.16.